The van der Waals surface area contributed by atoms with Gasteiger partial charge in [0.25, 0.3) is 0 Å². The van der Waals surface area contributed by atoms with Crippen molar-refractivity contribution in [2.24, 2.45) is 5.73 Å². The lowest BCUT2D eigenvalue weighted by atomic mass is 9.87. The second-order valence-electron chi connectivity index (χ2n) is 10.5. The third kappa shape index (κ3) is 4.91. The Morgan fingerprint density at radius 3 is 1.57 bits per heavy atom. The van der Waals surface area contributed by atoms with Crippen LogP contribution in [0.2, 0.25) is 0 Å². The topological polar surface area (TPSA) is 77.6 Å². The summed E-state index contributed by atoms with van der Waals surface area (Å²) in [5.74, 6) is 0. The van der Waals surface area contributed by atoms with E-state index in [-0.39, 0.29) is 0 Å². The predicted molar refractivity (Wildman–Crippen MR) is 182 cm³/mol. The van der Waals surface area contributed by atoms with Gasteiger partial charge in [-0.05, 0) is 99.0 Å². The van der Waals surface area contributed by atoms with Gasteiger partial charge in [-0.1, -0.05) is 66.7 Å². The number of allylic oxidation sites excluding steroid dienone is 1. The van der Waals surface area contributed by atoms with E-state index in [1.807, 2.05) is 49.8 Å². The number of pyridine rings is 2. The fourth-order valence-electron chi connectivity index (χ4n) is 5.86. The van der Waals surface area contributed by atoms with Crippen LogP contribution in [0.3, 0.4) is 0 Å². The molecule has 5 nitrogen and oxygen atoms in total. The van der Waals surface area contributed by atoms with Crippen molar-refractivity contribution in [3.05, 3.63) is 146 Å². The molecule has 0 saturated carbocycles. The highest BCUT2D eigenvalue weighted by Crippen LogP contribution is 2.43. The zero-order valence-corrected chi connectivity index (χ0v) is 24.2. The summed E-state index contributed by atoms with van der Waals surface area (Å²) in [5, 5.41) is 7.36. The van der Waals surface area contributed by atoms with E-state index in [9.17, 15) is 0 Å². The number of hydrogen-bond donors (Lipinski definition) is 1. The minimum absolute atomic E-state index is 0.878. The van der Waals surface area contributed by atoms with Gasteiger partial charge in [-0.2, -0.15) is 0 Å². The molecule has 44 heavy (non-hydrogen) atoms. The Morgan fingerprint density at radius 1 is 0.523 bits per heavy atom. The third-order valence-corrected chi connectivity index (χ3v) is 7.86. The van der Waals surface area contributed by atoms with Gasteiger partial charge in [-0.25, -0.2) is 0 Å². The van der Waals surface area contributed by atoms with Crippen molar-refractivity contribution in [3.8, 4) is 44.9 Å². The minimum Gasteiger partial charge on any atom is -0.405 e. The van der Waals surface area contributed by atoms with Gasteiger partial charge in [0.05, 0.1) is 23.3 Å². The molecule has 5 aromatic carbocycles. The molecule has 0 unspecified atom stereocenters. The van der Waals surface area contributed by atoms with Crippen LogP contribution in [-0.2, 0) is 0 Å². The lowest BCUT2D eigenvalue weighted by Gasteiger charge is -2.17. The van der Waals surface area contributed by atoms with Crippen LogP contribution in [0.1, 0.15) is 6.92 Å². The normalized spacial score (nSPS) is 11.3. The highest BCUT2D eigenvalue weighted by Gasteiger charge is 2.16. The van der Waals surface area contributed by atoms with Crippen molar-refractivity contribution in [3.63, 3.8) is 0 Å². The molecule has 0 aliphatic heterocycles. The van der Waals surface area contributed by atoms with Crippen molar-refractivity contribution in [2.45, 2.75) is 6.92 Å². The molecule has 3 aromatic heterocycles. The molecule has 0 aliphatic carbocycles. The van der Waals surface area contributed by atoms with E-state index in [1.165, 1.54) is 44.1 Å². The largest absolute Gasteiger partial charge is 0.405 e. The summed E-state index contributed by atoms with van der Waals surface area (Å²) in [6, 6.07) is 36.5. The number of nitrogens with zero attached hydrogens (tertiary/aromatic N) is 4. The van der Waals surface area contributed by atoms with E-state index >= 15 is 0 Å². The van der Waals surface area contributed by atoms with Crippen LogP contribution in [0.15, 0.2) is 146 Å². The van der Waals surface area contributed by atoms with E-state index in [4.69, 9.17) is 5.73 Å². The van der Waals surface area contributed by atoms with E-state index < -0.39 is 0 Å². The molecule has 0 aliphatic rings. The average Bonchev–Trinajstić information content (AvgIpc) is 3.11. The standard InChI is InChI=1S/C36H22N4.C3H7N/c1-3-15-38-32(5-1)26-19-25(20-27(21-26)33-6-2-4-16-39-33)28-11-7-23-10-14-31-29(34-22-37-17-18-40-34)12-8-24-9-13-30(28)35(23)36(24)31;1-2-3-4/h1-22H;2-3H,4H2,1H3/b;3-2-. The van der Waals surface area contributed by atoms with Gasteiger partial charge in [0.1, 0.15) is 0 Å². The van der Waals surface area contributed by atoms with Gasteiger partial charge in [0.15, 0.2) is 0 Å². The molecule has 0 fully saturated rings. The smallest absolute Gasteiger partial charge is 0.0891 e. The first-order chi connectivity index (χ1) is 21.7. The lowest BCUT2D eigenvalue weighted by Crippen LogP contribution is -1.92. The monoisotopic (exact) mass is 567 g/mol. The van der Waals surface area contributed by atoms with E-state index in [2.05, 4.69) is 98.8 Å². The maximum atomic E-state index is 4.85. The first kappa shape index (κ1) is 26.9. The van der Waals surface area contributed by atoms with Gasteiger partial charge >= 0.3 is 0 Å². The second-order valence-corrected chi connectivity index (χ2v) is 10.5. The van der Waals surface area contributed by atoms with Crippen LogP contribution in [-0.4, -0.2) is 19.9 Å². The molecule has 0 radical (unpaired) electrons. The van der Waals surface area contributed by atoms with Crippen LogP contribution in [0.4, 0.5) is 0 Å². The van der Waals surface area contributed by atoms with Crippen LogP contribution in [0.25, 0.3) is 77.2 Å². The van der Waals surface area contributed by atoms with Crippen molar-refractivity contribution in [1.29, 1.82) is 0 Å². The van der Waals surface area contributed by atoms with Crippen LogP contribution < -0.4 is 5.73 Å². The molecule has 8 rings (SSSR count). The molecule has 3 heterocycles. The molecule has 0 spiro atoms. The summed E-state index contributed by atoms with van der Waals surface area (Å²) >= 11 is 0. The SMILES string of the molecule is C/C=C\N.c1ccc(-c2cc(-c3ccccn3)cc(-c3ccc4ccc5c(-c6cnccn6)ccc6ccc3c4c65)c2)nc1. The Bertz CT molecular complexity index is 2170. The highest BCUT2D eigenvalue weighted by atomic mass is 14.8. The molecule has 0 bridgehead atoms. The number of benzene rings is 5. The number of rotatable bonds is 4. The molecular formula is C39H29N5. The van der Waals surface area contributed by atoms with Crippen molar-refractivity contribution in [2.75, 3.05) is 0 Å². The summed E-state index contributed by atoms with van der Waals surface area (Å²) in [6.45, 7) is 1.88. The van der Waals surface area contributed by atoms with E-state index in [0.29, 0.717) is 0 Å². The number of nitrogens with two attached hydrogens (primary N) is 1. The molecule has 0 atom stereocenters. The first-order valence-electron chi connectivity index (χ1n) is 14.5. The van der Waals surface area contributed by atoms with Gasteiger partial charge in [0, 0.05) is 41.5 Å². The average molecular weight is 568 g/mol. The zero-order valence-electron chi connectivity index (χ0n) is 24.2. The quantitative estimate of drug-likeness (QED) is 0.214. The molecule has 0 amide bonds. The molecular weight excluding hydrogens is 538 g/mol. The fourth-order valence-corrected chi connectivity index (χ4v) is 5.86. The van der Waals surface area contributed by atoms with Crippen molar-refractivity contribution in [1.82, 2.24) is 19.9 Å². The van der Waals surface area contributed by atoms with E-state index in [1.54, 1.807) is 18.5 Å². The van der Waals surface area contributed by atoms with Crippen molar-refractivity contribution < 1.29 is 0 Å². The van der Waals surface area contributed by atoms with E-state index in [0.717, 1.165) is 39.3 Å². The van der Waals surface area contributed by atoms with Crippen LogP contribution in [0, 0.1) is 0 Å². The Balaban J connectivity index is 0.000000739. The Labute approximate surface area is 255 Å². The Morgan fingerprint density at radius 2 is 1.05 bits per heavy atom. The minimum atomic E-state index is 0.878. The maximum Gasteiger partial charge on any atom is 0.0891 e. The van der Waals surface area contributed by atoms with Gasteiger partial charge in [0.2, 0.25) is 0 Å². The Kier molecular flexibility index (Phi) is 7.19. The molecule has 210 valence electrons. The second kappa shape index (κ2) is 11.7. The molecule has 0 saturated heterocycles. The first-order valence-corrected chi connectivity index (χ1v) is 14.5. The lowest BCUT2D eigenvalue weighted by molar-refractivity contribution is 1.21. The predicted octanol–water partition coefficient (Wildman–Crippen LogP) is 9.31. The fraction of sp³-hybridized carbons (Fsp3) is 0.0256. The summed E-state index contributed by atoms with van der Waals surface area (Å²) < 4.78 is 0. The molecule has 8 aromatic rings. The van der Waals surface area contributed by atoms with Gasteiger partial charge in [-0.15, -0.1) is 0 Å². The highest BCUT2D eigenvalue weighted by molar-refractivity contribution is 6.27. The Hall–Kier alpha value is -5.94. The summed E-state index contributed by atoms with van der Waals surface area (Å²) in [4.78, 5) is 18.2. The summed E-state index contributed by atoms with van der Waals surface area (Å²) in [7, 11) is 0. The number of hydrogen-bond acceptors (Lipinski definition) is 5. The zero-order chi connectivity index (χ0) is 29.9. The van der Waals surface area contributed by atoms with Crippen molar-refractivity contribution >= 4 is 32.3 Å². The summed E-state index contributed by atoms with van der Waals surface area (Å²) in [5.41, 5.74) is 13.1. The van der Waals surface area contributed by atoms with Gasteiger partial charge < -0.3 is 5.73 Å². The van der Waals surface area contributed by atoms with Crippen LogP contribution in [0.5, 0.6) is 0 Å². The molecule has 5 heteroatoms. The van der Waals surface area contributed by atoms with Crippen LogP contribution >= 0.6 is 0 Å². The summed E-state index contributed by atoms with van der Waals surface area (Å²) in [6.07, 6.45) is 12.3. The third-order valence-electron chi connectivity index (χ3n) is 7.86. The van der Waals surface area contributed by atoms with Gasteiger partial charge in [-0.3, -0.25) is 19.9 Å². The molecule has 2 N–H and O–H groups in total. The number of aromatic nitrogens is 4. The maximum absolute atomic E-state index is 4.85.